The first-order chi connectivity index (χ1) is 12.8. The maximum absolute atomic E-state index is 12.8. The van der Waals surface area contributed by atoms with Crippen molar-refractivity contribution in [1.29, 1.82) is 0 Å². The molecule has 0 aromatic carbocycles. The molecule has 1 aliphatic heterocycles. The smallest absolute Gasteiger partial charge is 0.311 e. The van der Waals surface area contributed by atoms with Crippen LogP contribution in [0.15, 0.2) is 9.59 Å². The fourth-order valence-corrected chi connectivity index (χ4v) is 3.63. The Bertz CT molecular complexity index is 978. The van der Waals surface area contributed by atoms with Gasteiger partial charge in [0.2, 0.25) is 0 Å². The first-order valence-electron chi connectivity index (χ1n) is 9.38. The highest BCUT2D eigenvalue weighted by Gasteiger charge is 2.26. The quantitative estimate of drug-likeness (QED) is 0.714. The van der Waals surface area contributed by atoms with Gasteiger partial charge in [0.05, 0.1) is 12.6 Å². The number of nitrogens with zero attached hydrogens (tertiary/aromatic N) is 6. The van der Waals surface area contributed by atoms with Gasteiger partial charge >= 0.3 is 5.69 Å². The summed E-state index contributed by atoms with van der Waals surface area (Å²) in [4.78, 5) is 46.5. The number of hydrogen-bond donors (Lipinski definition) is 0. The second-order valence-corrected chi connectivity index (χ2v) is 7.27. The monoisotopic (exact) mass is 376 g/mol. The molecular weight excluding hydrogens is 348 g/mol. The van der Waals surface area contributed by atoms with Gasteiger partial charge in [0.1, 0.15) is 5.82 Å². The molecule has 0 bridgehead atoms. The molecule has 1 fully saturated rings. The molecule has 9 nitrogen and oxygen atoms in total. The summed E-state index contributed by atoms with van der Waals surface area (Å²) in [6.07, 6.45) is 0. The predicted octanol–water partition coefficient (Wildman–Crippen LogP) is -0.279. The molecule has 3 heterocycles. The second-order valence-electron chi connectivity index (χ2n) is 7.27. The minimum absolute atomic E-state index is 0.0535. The van der Waals surface area contributed by atoms with E-state index in [9.17, 15) is 14.4 Å². The van der Waals surface area contributed by atoms with Gasteiger partial charge in [-0.15, -0.1) is 0 Å². The van der Waals surface area contributed by atoms with Crippen LogP contribution in [0, 0.1) is 0 Å². The summed E-state index contributed by atoms with van der Waals surface area (Å²) in [5.41, 5.74) is -0.200. The van der Waals surface area contributed by atoms with Crippen molar-refractivity contribution in [2.45, 2.75) is 33.4 Å². The number of Topliss-reactive ketones (excluding diaryl/α,β-unsaturated/α-hetero) is 1. The molecule has 0 radical (unpaired) electrons. The number of carbonyl (C=O) groups is 1. The lowest BCUT2D eigenvalue weighted by molar-refractivity contribution is -0.119. The molecule has 0 unspecified atom stereocenters. The molecule has 2 aromatic rings. The van der Waals surface area contributed by atoms with Gasteiger partial charge in [-0.2, -0.15) is 0 Å². The number of fused-ring (bicyclic) bond motifs is 1. The average Bonchev–Trinajstić information content (AvgIpc) is 3.03. The Balaban J connectivity index is 2.12. The summed E-state index contributed by atoms with van der Waals surface area (Å²) >= 11 is 0. The maximum Gasteiger partial charge on any atom is 0.332 e. The minimum atomic E-state index is -0.521. The number of likely N-dealkylation sites (N-methyl/N-ethyl adjacent to an activating group) is 1. The number of rotatable bonds is 5. The minimum Gasteiger partial charge on any atom is -0.311 e. The van der Waals surface area contributed by atoms with Gasteiger partial charge in [-0.1, -0.05) is 6.92 Å². The highest BCUT2D eigenvalue weighted by molar-refractivity contribution is 5.82. The SMILES string of the molecule is CCN1CCN(Cc2nc3c(c(=O)n(C)c(=O)n3C)n2[C@@H](C)C(C)=O)CC1. The summed E-state index contributed by atoms with van der Waals surface area (Å²) in [6.45, 7) is 10.8. The van der Waals surface area contributed by atoms with E-state index >= 15 is 0 Å². The summed E-state index contributed by atoms with van der Waals surface area (Å²) < 4.78 is 4.15. The Morgan fingerprint density at radius 1 is 1.07 bits per heavy atom. The van der Waals surface area contributed by atoms with Crippen molar-refractivity contribution in [3.05, 3.63) is 26.7 Å². The van der Waals surface area contributed by atoms with Crippen LogP contribution in [-0.4, -0.2) is 67.0 Å². The molecule has 0 aliphatic carbocycles. The van der Waals surface area contributed by atoms with Crippen LogP contribution in [0.2, 0.25) is 0 Å². The molecule has 3 rings (SSSR count). The van der Waals surface area contributed by atoms with Gasteiger partial charge in [-0.05, 0) is 20.4 Å². The van der Waals surface area contributed by atoms with Crippen LogP contribution in [0.3, 0.4) is 0 Å². The molecule has 1 atom stereocenters. The Labute approximate surface area is 157 Å². The largest absolute Gasteiger partial charge is 0.332 e. The van der Waals surface area contributed by atoms with E-state index in [0.717, 1.165) is 37.3 Å². The van der Waals surface area contributed by atoms with E-state index in [1.54, 1.807) is 18.5 Å². The third-order valence-corrected chi connectivity index (χ3v) is 5.62. The third-order valence-electron chi connectivity index (χ3n) is 5.62. The first-order valence-corrected chi connectivity index (χ1v) is 9.38. The van der Waals surface area contributed by atoms with Gasteiger partial charge in [-0.3, -0.25) is 23.6 Å². The van der Waals surface area contributed by atoms with Gasteiger partial charge in [0, 0.05) is 40.3 Å². The molecule has 9 heteroatoms. The summed E-state index contributed by atoms with van der Waals surface area (Å²) in [6, 6.07) is -0.521. The number of imidazole rings is 1. The standard InChI is InChI=1S/C18H28N6O3/c1-6-22-7-9-23(10-8-22)11-14-19-16-15(24(14)12(2)13(3)25)17(26)21(5)18(27)20(16)4/h12H,6-11H2,1-5H3/t12-/m0/s1. The Morgan fingerprint density at radius 2 is 1.67 bits per heavy atom. The van der Waals surface area contributed by atoms with Gasteiger partial charge in [0.15, 0.2) is 16.9 Å². The lowest BCUT2D eigenvalue weighted by Gasteiger charge is -2.34. The zero-order valence-electron chi connectivity index (χ0n) is 16.7. The van der Waals surface area contributed by atoms with Gasteiger partial charge in [-0.25, -0.2) is 9.78 Å². The van der Waals surface area contributed by atoms with Crippen molar-refractivity contribution in [2.24, 2.45) is 14.1 Å². The number of ketones is 1. The van der Waals surface area contributed by atoms with E-state index < -0.39 is 17.3 Å². The van der Waals surface area contributed by atoms with E-state index in [-0.39, 0.29) is 5.78 Å². The number of piperazine rings is 1. The fourth-order valence-electron chi connectivity index (χ4n) is 3.63. The molecule has 0 saturated carbocycles. The molecule has 0 amide bonds. The molecule has 0 spiro atoms. The van der Waals surface area contributed by atoms with Crippen LogP contribution in [0.4, 0.5) is 0 Å². The molecule has 0 N–H and O–H groups in total. The number of carbonyl (C=O) groups excluding carboxylic acids is 1. The van der Waals surface area contributed by atoms with Crippen molar-refractivity contribution in [1.82, 2.24) is 28.5 Å². The highest BCUT2D eigenvalue weighted by atomic mass is 16.2. The maximum atomic E-state index is 12.8. The van der Waals surface area contributed by atoms with E-state index in [2.05, 4.69) is 21.7 Å². The van der Waals surface area contributed by atoms with E-state index in [1.165, 1.54) is 18.5 Å². The van der Waals surface area contributed by atoms with Crippen molar-refractivity contribution in [3.63, 3.8) is 0 Å². The first kappa shape index (κ1) is 19.5. The summed E-state index contributed by atoms with van der Waals surface area (Å²) in [7, 11) is 3.05. The van der Waals surface area contributed by atoms with Crippen molar-refractivity contribution in [2.75, 3.05) is 32.7 Å². The Hall–Kier alpha value is -2.26. The Kier molecular flexibility index (Phi) is 5.34. The van der Waals surface area contributed by atoms with Gasteiger partial charge in [0.25, 0.3) is 5.56 Å². The lowest BCUT2D eigenvalue weighted by atomic mass is 10.2. The van der Waals surface area contributed by atoms with Gasteiger partial charge < -0.3 is 9.47 Å². The summed E-state index contributed by atoms with van der Waals surface area (Å²) in [5, 5.41) is 0. The number of aromatic nitrogens is 4. The zero-order chi connectivity index (χ0) is 19.9. The molecule has 27 heavy (non-hydrogen) atoms. The number of hydrogen-bond acceptors (Lipinski definition) is 6. The third kappa shape index (κ3) is 3.37. The van der Waals surface area contributed by atoms with Crippen LogP contribution in [0.5, 0.6) is 0 Å². The van der Waals surface area contributed by atoms with Crippen LogP contribution < -0.4 is 11.2 Å². The van der Waals surface area contributed by atoms with Crippen LogP contribution in [-0.2, 0) is 25.4 Å². The molecule has 1 saturated heterocycles. The van der Waals surface area contributed by atoms with E-state index in [4.69, 9.17) is 0 Å². The predicted molar refractivity (Wildman–Crippen MR) is 103 cm³/mol. The zero-order valence-corrected chi connectivity index (χ0v) is 16.7. The summed E-state index contributed by atoms with van der Waals surface area (Å²) in [5.74, 6) is 0.596. The topological polar surface area (TPSA) is 85.4 Å². The van der Waals surface area contributed by atoms with Crippen molar-refractivity contribution < 1.29 is 4.79 Å². The average molecular weight is 376 g/mol. The van der Waals surface area contributed by atoms with Crippen LogP contribution >= 0.6 is 0 Å². The lowest BCUT2D eigenvalue weighted by Crippen LogP contribution is -2.46. The molecular formula is C18H28N6O3. The number of aryl methyl sites for hydroxylation is 1. The normalized spacial score (nSPS) is 17.5. The van der Waals surface area contributed by atoms with E-state index in [0.29, 0.717) is 23.5 Å². The van der Waals surface area contributed by atoms with Crippen LogP contribution in [0.1, 0.15) is 32.6 Å². The molecule has 2 aromatic heterocycles. The second kappa shape index (κ2) is 7.40. The van der Waals surface area contributed by atoms with Crippen LogP contribution in [0.25, 0.3) is 11.2 Å². The molecule has 148 valence electrons. The fraction of sp³-hybridized carbons (Fsp3) is 0.667. The molecule has 1 aliphatic rings. The van der Waals surface area contributed by atoms with Crippen molar-refractivity contribution in [3.8, 4) is 0 Å². The Morgan fingerprint density at radius 3 is 2.22 bits per heavy atom. The van der Waals surface area contributed by atoms with E-state index in [1.807, 2.05) is 0 Å². The van der Waals surface area contributed by atoms with Crippen molar-refractivity contribution >= 4 is 16.9 Å². The highest BCUT2D eigenvalue weighted by Crippen LogP contribution is 2.20.